The second-order valence-corrected chi connectivity index (χ2v) is 5.27. The van der Waals surface area contributed by atoms with Gasteiger partial charge in [-0.25, -0.2) is 4.68 Å². The molecule has 2 N–H and O–H groups in total. The Balaban J connectivity index is 2.16. The topological polar surface area (TPSA) is 101 Å². The van der Waals surface area contributed by atoms with Crippen LogP contribution in [0.3, 0.4) is 0 Å². The van der Waals surface area contributed by atoms with Gasteiger partial charge in [-0.05, 0) is 24.4 Å². The predicted molar refractivity (Wildman–Crippen MR) is 77.1 cm³/mol. The molecule has 0 spiro atoms. The smallest absolute Gasteiger partial charge is 0.325 e. The van der Waals surface area contributed by atoms with Crippen molar-refractivity contribution >= 4 is 23.2 Å². The van der Waals surface area contributed by atoms with Crippen molar-refractivity contribution in [3.8, 4) is 10.6 Å². The van der Waals surface area contributed by atoms with E-state index in [0.717, 1.165) is 9.56 Å². The zero-order valence-electron chi connectivity index (χ0n) is 11.1. The van der Waals surface area contributed by atoms with Crippen molar-refractivity contribution < 1.29 is 14.7 Å². The van der Waals surface area contributed by atoms with Gasteiger partial charge in [0.15, 0.2) is 0 Å². The van der Waals surface area contributed by atoms with Gasteiger partial charge in [-0.3, -0.25) is 14.4 Å². The van der Waals surface area contributed by atoms with Crippen LogP contribution < -0.4 is 10.9 Å². The van der Waals surface area contributed by atoms with Crippen molar-refractivity contribution in [2.45, 2.75) is 19.5 Å². The fraction of sp³-hybridized carbons (Fsp3) is 0.231. The lowest BCUT2D eigenvalue weighted by molar-refractivity contribution is -0.141. The van der Waals surface area contributed by atoms with E-state index in [1.54, 1.807) is 6.07 Å². The SMILES string of the molecule is C[C@H](NC(=O)Cn1nc(-c2cccs2)ccc1=O)C(=O)O. The lowest BCUT2D eigenvalue weighted by Crippen LogP contribution is -2.41. The summed E-state index contributed by atoms with van der Waals surface area (Å²) in [4.78, 5) is 35.0. The first kappa shape index (κ1) is 14.9. The number of nitrogens with zero attached hydrogens (tertiary/aromatic N) is 2. The highest BCUT2D eigenvalue weighted by molar-refractivity contribution is 7.13. The zero-order chi connectivity index (χ0) is 15.4. The highest BCUT2D eigenvalue weighted by atomic mass is 32.1. The number of thiophene rings is 1. The fourth-order valence-electron chi connectivity index (χ4n) is 1.60. The largest absolute Gasteiger partial charge is 0.480 e. The third-order valence-corrected chi connectivity index (χ3v) is 3.57. The van der Waals surface area contributed by atoms with Crippen LogP contribution in [0.5, 0.6) is 0 Å². The molecule has 1 atom stereocenters. The molecule has 8 heteroatoms. The minimum absolute atomic E-state index is 0.324. The Labute approximate surface area is 123 Å². The number of aromatic nitrogens is 2. The van der Waals surface area contributed by atoms with Gasteiger partial charge in [0.2, 0.25) is 5.91 Å². The first-order chi connectivity index (χ1) is 9.97. The number of hydrogen-bond donors (Lipinski definition) is 2. The summed E-state index contributed by atoms with van der Waals surface area (Å²) in [6, 6.07) is 5.61. The molecule has 1 amide bonds. The molecule has 0 bridgehead atoms. The summed E-state index contributed by atoms with van der Waals surface area (Å²) < 4.78 is 1.01. The molecule has 0 aliphatic carbocycles. The molecular weight excluding hydrogens is 294 g/mol. The van der Waals surface area contributed by atoms with E-state index in [-0.39, 0.29) is 6.54 Å². The summed E-state index contributed by atoms with van der Waals surface area (Å²) in [5.41, 5.74) is 0.164. The van der Waals surface area contributed by atoms with Gasteiger partial charge in [0.05, 0.1) is 4.88 Å². The van der Waals surface area contributed by atoms with Gasteiger partial charge >= 0.3 is 5.97 Å². The number of aliphatic carboxylic acids is 1. The van der Waals surface area contributed by atoms with Crippen molar-refractivity contribution in [2.24, 2.45) is 0 Å². The molecule has 0 fully saturated rings. The molecule has 0 saturated heterocycles. The zero-order valence-corrected chi connectivity index (χ0v) is 12.0. The number of amides is 1. The number of nitrogens with one attached hydrogen (secondary N) is 1. The fourth-order valence-corrected chi connectivity index (χ4v) is 2.29. The summed E-state index contributed by atoms with van der Waals surface area (Å²) in [7, 11) is 0. The average Bonchev–Trinajstić information content (AvgIpc) is 2.95. The Kier molecular flexibility index (Phi) is 4.49. The molecule has 0 radical (unpaired) electrons. The van der Waals surface area contributed by atoms with Crippen LogP contribution in [0.4, 0.5) is 0 Å². The molecule has 0 aromatic carbocycles. The summed E-state index contributed by atoms with van der Waals surface area (Å²) >= 11 is 1.47. The third-order valence-electron chi connectivity index (χ3n) is 2.68. The molecule has 7 nitrogen and oxygen atoms in total. The molecule has 2 aromatic rings. The maximum atomic E-state index is 11.7. The Hall–Kier alpha value is -2.48. The lowest BCUT2D eigenvalue weighted by Gasteiger charge is -2.10. The molecule has 0 aliphatic heterocycles. The number of carboxylic acids is 1. The Morgan fingerprint density at radius 3 is 2.81 bits per heavy atom. The van der Waals surface area contributed by atoms with Crippen molar-refractivity contribution in [1.82, 2.24) is 15.1 Å². The highest BCUT2D eigenvalue weighted by Crippen LogP contribution is 2.20. The average molecular weight is 307 g/mol. The van der Waals surface area contributed by atoms with Gasteiger partial charge in [0, 0.05) is 6.07 Å². The Bertz CT molecular complexity index is 708. The number of rotatable bonds is 5. The number of carbonyl (C=O) groups is 2. The van der Waals surface area contributed by atoms with E-state index in [1.165, 1.54) is 24.3 Å². The summed E-state index contributed by atoms with van der Waals surface area (Å²) in [5.74, 6) is -1.72. The monoisotopic (exact) mass is 307 g/mol. The second kappa shape index (κ2) is 6.31. The van der Waals surface area contributed by atoms with Crippen LogP contribution in [0.15, 0.2) is 34.4 Å². The Morgan fingerprint density at radius 1 is 1.43 bits per heavy atom. The van der Waals surface area contributed by atoms with Crippen LogP contribution in [-0.4, -0.2) is 32.8 Å². The van der Waals surface area contributed by atoms with Gasteiger partial charge in [-0.15, -0.1) is 11.3 Å². The van der Waals surface area contributed by atoms with Crippen LogP contribution >= 0.6 is 11.3 Å². The molecule has 21 heavy (non-hydrogen) atoms. The van der Waals surface area contributed by atoms with Crippen LogP contribution in [0.1, 0.15) is 6.92 Å². The molecule has 0 saturated carbocycles. The van der Waals surface area contributed by atoms with Gasteiger partial charge < -0.3 is 10.4 Å². The van der Waals surface area contributed by atoms with E-state index in [1.807, 2.05) is 17.5 Å². The van der Waals surface area contributed by atoms with Crippen LogP contribution in [0, 0.1) is 0 Å². The van der Waals surface area contributed by atoms with Crippen LogP contribution in [0.2, 0.25) is 0 Å². The van der Waals surface area contributed by atoms with Crippen LogP contribution in [0.25, 0.3) is 10.6 Å². The minimum atomic E-state index is -1.14. The number of carboxylic acid groups (broad SMARTS) is 1. The normalized spacial score (nSPS) is 11.9. The second-order valence-electron chi connectivity index (χ2n) is 4.32. The number of hydrogen-bond acceptors (Lipinski definition) is 5. The van der Waals surface area contributed by atoms with E-state index in [0.29, 0.717) is 5.69 Å². The molecular formula is C13H13N3O4S. The highest BCUT2D eigenvalue weighted by Gasteiger charge is 2.15. The molecule has 0 unspecified atom stereocenters. The molecule has 2 aromatic heterocycles. The van der Waals surface area contributed by atoms with Gasteiger partial charge in [-0.1, -0.05) is 6.07 Å². The minimum Gasteiger partial charge on any atom is -0.480 e. The van der Waals surface area contributed by atoms with Gasteiger partial charge in [0.25, 0.3) is 5.56 Å². The third kappa shape index (κ3) is 3.76. The van der Waals surface area contributed by atoms with Crippen molar-refractivity contribution in [3.05, 3.63) is 40.0 Å². The number of carbonyl (C=O) groups excluding carboxylic acids is 1. The van der Waals surface area contributed by atoms with Crippen LogP contribution in [-0.2, 0) is 16.1 Å². The molecule has 2 heterocycles. The van der Waals surface area contributed by atoms with Crippen molar-refractivity contribution in [1.29, 1.82) is 0 Å². The van der Waals surface area contributed by atoms with Crippen molar-refractivity contribution in [3.63, 3.8) is 0 Å². The Morgan fingerprint density at radius 2 is 2.19 bits per heavy atom. The standard InChI is InChI=1S/C13H13N3O4S/c1-8(13(19)20)14-11(17)7-16-12(18)5-4-9(15-16)10-3-2-6-21-10/h2-6,8H,7H2,1H3,(H,14,17)(H,19,20)/t8-/m0/s1. The van der Waals surface area contributed by atoms with E-state index < -0.39 is 23.5 Å². The first-order valence-electron chi connectivity index (χ1n) is 6.11. The predicted octanol–water partition coefficient (Wildman–Crippen LogP) is 0.561. The van der Waals surface area contributed by atoms with E-state index in [2.05, 4.69) is 10.4 Å². The van der Waals surface area contributed by atoms with E-state index >= 15 is 0 Å². The van der Waals surface area contributed by atoms with E-state index in [9.17, 15) is 14.4 Å². The van der Waals surface area contributed by atoms with Crippen molar-refractivity contribution in [2.75, 3.05) is 0 Å². The maximum absolute atomic E-state index is 11.7. The lowest BCUT2D eigenvalue weighted by atomic mass is 10.3. The molecule has 110 valence electrons. The molecule has 2 rings (SSSR count). The summed E-state index contributed by atoms with van der Waals surface area (Å²) in [5, 5.41) is 17.0. The summed E-state index contributed by atoms with van der Waals surface area (Å²) in [6.45, 7) is 1.02. The maximum Gasteiger partial charge on any atom is 0.325 e. The van der Waals surface area contributed by atoms with E-state index in [4.69, 9.17) is 5.11 Å². The van der Waals surface area contributed by atoms with Gasteiger partial charge in [0.1, 0.15) is 18.3 Å². The summed E-state index contributed by atoms with van der Waals surface area (Å²) in [6.07, 6.45) is 0. The first-order valence-corrected chi connectivity index (χ1v) is 6.99. The quantitative estimate of drug-likeness (QED) is 0.840. The van der Waals surface area contributed by atoms with Gasteiger partial charge in [-0.2, -0.15) is 5.10 Å². The molecule has 0 aliphatic rings.